The zero-order chi connectivity index (χ0) is 29.7. The number of nitrogens with zero attached hydrogens (tertiary/aromatic N) is 6. The quantitative estimate of drug-likeness (QED) is 0.183. The number of Topliss-reactive ketones (excluding diaryl/α,β-unsaturated/α-hetero) is 1. The van der Waals surface area contributed by atoms with Gasteiger partial charge in [-0.15, -0.1) is 0 Å². The van der Waals surface area contributed by atoms with Gasteiger partial charge in [0.05, 0.1) is 19.4 Å². The van der Waals surface area contributed by atoms with Gasteiger partial charge < -0.3 is 34.7 Å². The van der Waals surface area contributed by atoms with Crippen molar-refractivity contribution in [2.24, 2.45) is 24.2 Å². The molecule has 38 heavy (non-hydrogen) atoms. The van der Waals surface area contributed by atoms with Gasteiger partial charge in [-0.1, -0.05) is 13.0 Å². The Hall–Kier alpha value is -3.60. The van der Waals surface area contributed by atoms with E-state index in [1.807, 2.05) is 0 Å². The van der Waals surface area contributed by atoms with Crippen molar-refractivity contribution in [1.82, 2.24) is 19.2 Å². The van der Waals surface area contributed by atoms with E-state index in [1.54, 1.807) is 34.9 Å². The van der Waals surface area contributed by atoms with Crippen LogP contribution in [0.3, 0.4) is 0 Å². The molecular weight excluding hydrogens is 508 g/mol. The Morgan fingerprint density at radius 3 is 2.13 bits per heavy atom. The molecule has 0 bridgehead atoms. The van der Waals surface area contributed by atoms with Gasteiger partial charge in [0.15, 0.2) is 18.2 Å². The third-order valence-electron chi connectivity index (χ3n) is 4.39. The summed E-state index contributed by atoms with van der Waals surface area (Å²) in [5.74, 6) is 0.835. The predicted molar refractivity (Wildman–Crippen MR) is 137 cm³/mol. The van der Waals surface area contributed by atoms with E-state index in [0.29, 0.717) is 42.6 Å². The molecule has 0 saturated carbocycles. The Bertz CT molecular complexity index is 984. The van der Waals surface area contributed by atoms with E-state index in [-0.39, 0.29) is 38.1 Å². The number of aliphatic hydroxyl groups excluding tert-OH is 4. The summed E-state index contributed by atoms with van der Waals surface area (Å²) in [6, 6.07) is 0. The molecule has 1 aromatic heterocycles. The number of ether oxygens (including phenoxy) is 2. The molecule has 0 atom stereocenters. The summed E-state index contributed by atoms with van der Waals surface area (Å²) in [6.07, 6.45) is 1.50. The minimum atomic E-state index is -0.535. The van der Waals surface area contributed by atoms with Crippen LogP contribution in [0.25, 0.3) is 0 Å². The van der Waals surface area contributed by atoms with Gasteiger partial charge in [-0.25, -0.2) is 14.3 Å². The third-order valence-corrected chi connectivity index (χ3v) is 4.39. The summed E-state index contributed by atoms with van der Waals surface area (Å²) in [4.78, 5) is 41.4. The fraction of sp³-hybridized carbons (Fsp3) is 0.636. The number of carbonyl (C=O) groups is 2. The molecule has 1 amide bonds. The fourth-order valence-corrected chi connectivity index (χ4v) is 2.14. The molecule has 0 aromatic carbocycles. The largest absolute Gasteiger partial charge is 0.471 e. The monoisotopic (exact) mass is 548 g/mol. The first-order valence-electron chi connectivity index (χ1n) is 11.3. The number of ketones is 1. The molecular formula is C22H40N6O10. The number of amides is 1. The fourth-order valence-electron chi connectivity index (χ4n) is 2.14. The highest BCUT2D eigenvalue weighted by Crippen LogP contribution is 1.97. The number of carbonyl (C=O) groups excluding carboxylic acids is 2. The normalized spacial score (nSPS) is 12.6. The van der Waals surface area contributed by atoms with Crippen LogP contribution in [0.2, 0.25) is 0 Å². The Morgan fingerprint density at radius 1 is 1.18 bits per heavy atom. The third kappa shape index (κ3) is 14.8. The van der Waals surface area contributed by atoms with Gasteiger partial charge in [0.1, 0.15) is 26.7 Å². The molecule has 2 heterocycles. The van der Waals surface area contributed by atoms with E-state index in [0.717, 1.165) is 4.90 Å². The lowest BCUT2D eigenvalue weighted by Crippen LogP contribution is -2.26. The average Bonchev–Trinajstić information content (AvgIpc) is 3.19. The van der Waals surface area contributed by atoms with E-state index in [4.69, 9.17) is 30.0 Å². The topological polar surface area (TPSA) is 211 Å². The molecule has 4 N–H and O–H groups in total. The van der Waals surface area contributed by atoms with Crippen molar-refractivity contribution in [1.29, 1.82) is 0 Å². The second kappa shape index (κ2) is 21.5. The number of rotatable bonds is 7. The maximum Gasteiger partial charge on any atom is 0.411 e. The van der Waals surface area contributed by atoms with E-state index >= 15 is 0 Å². The second-order valence-corrected chi connectivity index (χ2v) is 7.16. The molecule has 1 aliphatic rings. The molecule has 0 aliphatic carbocycles. The summed E-state index contributed by atoms with van der Waals surface area (Å²) in [5, 5.41) is 41.0. The van der Waals surface area contributed by atoms with Crippen LogP contribution in [0.4, 0.5) is 4.79 Å². The van der Waals surface area contributed by atoms with Crippen LogP contribution in [-0.2, 0) is 39.8 Å². The lowest BCUT2D eigenvalue weighted by molar-refractivity contribution is -0.115. The van der Waals surface area contributed by atoms with Crippen molar-refractivity contribution in [3.05, 3.63) is 28.0 Å². The standard InChI is InChI=1S/C7H12O2.C6H10N2O3.C5H9N3O2.C4H9NO3/c1-3-7(9)6(2)4-5-8;1-5(7-4-9)6-8-11-3-2-10-6;1-7-4(3-9)6-8(2)5(7)10;1-5(3-6)4(7)8-2/h4,8H,3,5H2,1-2H3;9H,2-4H2,1H3;9H,3H2,1-2H3;6H,3H2,1-2H3/b6-4+;;;. The highest BCUT2D eigenvalue weighted by molar-refractivity contribution is 6.37. The molecule has 1 aliphatic heterocycles. The van der Waals surface area contributed by atoms with Crippen LogP contribution >= 0.6 is 0 Å². The molecule has 16 nitrogen and oxygen atoms in total. The summed E-state index contributed by atoms with van der Waals surface area (Å²) >= 11 is 0. The maximum atomic E-state index is 10.9. The van der Waals surface area contributed by atoms with E-state index < -0.39 is 6.09 Å². The first-order chi connectivity index (χ1) is 17.9. The summed E-state index contributed by atoms with van der Waals surface area (Å²) < 4.78 is 11.8. The van der Waals surface area contributed by atoms with Gasteiger partial charge in [0.25, 0.3) is 5.90 Å². The van der Waals surface area contributed by atoms with E-state index in [1.165, 1.54) is 29.5 Å². The number of methoxy groups -OCH3 is 1. The number of hydrogen-bond acceptors (Lipinski definition) is 13. The SMILES string of the molecule is CC(=NCO)C1=NOCCO1.CCC(=O)/C(C)=C/CO.COC(=O)N(C)CO.Cn1nc(CO)n(C)c1=O. The van der Waals surface area contributed by atoms with Crippen LogP contribution in [-0.4, -0.2) is 111 Å². The van der Waals surface area contributed by atoms with E-state index in [2.05, 4.69) is 20.0 Å². The molecule has 16 heteroatoms. The summed E-state index contributed by atoms with van der Waals surface area (Å²) in [6.45, 7) is 5.35. The number of aryl methyl sites for hydroxylation is 1. The first-order valence-corrected chi connectivity index (χ1v) is 11.3. The molecule has 2 rings (SSSR count). The zero-order valence-electron chi connectivity index (χ0n) is 22.9. The Kier molecular flexibility index (Phi) is 20.7. The van der Waals surface area contributed by atoms with Crippen LogP contribution in [0.15, 0.2) is 26.6 Å². The smallest absolute Gasteiger partial charge is 0.411 e. The number of aromatic nitrogens is 3. The maximum absolute atomic E-state index is 10.9. The lowest BCUT2D eigenvalue weighted by Gasteiger charge is -2.12. The van der Waals surface area contributed by atoms with Gasteiger partial charge in [0.2, 0.25) is 0 Å². The van der Waals surface area contributed by atoms with Crippen molar-refractivity contribution in [2.45, 2.75) is 33.8 Å². The number of allylic oxidation sites excluding steroid dienone is 1. The van der Waals surface area contributed by atoms with Crippen molar-refractivity contribution < 1.29 is 44.3 Å². The van der Waals surface area contributed by atoms with Gasteiger partial charge in [0, 0.05) is 27.6 Å². The predicted octanol–water partition coefficient (Wildman–Crippen LogP) is -1.09. The van der Waals surface area contributed by atoms with Gasteiger partial charge in [-0.05, 0) is 24.6 Å². The molecule has 0 spiro atoms. The van der Waals surface area contributed by atoms with Gasteiger partial charge >= 0.3 is 11.8 Å². The van der Waals surface area contributed by atoms with Crippen LogP contribution < -0.4 is 5.69 Å². The zero-order valence-corrected chi connectivity index (χ0v) is 22.9. The Balaban J connectivity index is 0. The van der Waals surface area contributed by atoms with Gasteiger partial charge in [-0.2, -0.15) is 5.10 Å². The van der Waals surface area contributed by atoms with Crippen LogP contribution in [0, 0.1) is 0 Å². The molecule has 0 radical (unpaired) electrons. The number of aliphatic hydroxyl groups is 4. The lowest BCUT2D eigenvalue weighted by atomic mass is 10.1. The van der Waals surface area contributed by atoms with Crippen molar-refractivity contribution in [3.8, 4) is 0 Å². The summed E-state index contributed by atoms with van der Waals surface area (Å²) in [7, 11) is 5.81. The highest BCUT2D eigenvalue weighted by atomic mass is 16.7. The Morgan fingerprint density at radius 2 is 1.82 bits per heavy atom. The minimum Gasteiger partial charge on any atom is -0.471 e. The second-order valence-electron chi connectivity index (χ2n) is 7.16. The van der Waals surface area contributed by atoms with Gasteiger partial charge in [-0.3, -0.25) is 19.3 Å². The number of oxime groups is 1. The molecule has 0 unspecified atom stereocenters. The van der Waals surface area contributed by atoms with Crippen molar-refractivity contribution in [3.63, 3.8) is 0 Å². The first kappa shape index (κ1) is 36.6. The van der Waals surface area contributed by atoms with Crippen molar-refractivity contribution in [2.75, 3.05) is 47.4 Å². The molecule has 0 saturated heterocycles. The highest BCUT2D eigenvalue weighted by Gasteiger charge is 2.10. The van der Waals surface area contributed by atoms with Crippen molar-refractivity contribution >= 4 is 23.5 Å². The number of hydrogen-bond donors (Lipinski definition) is 4. The molecule has 1 aromatic rings. The van der Waals surface area contributed by atoms with Crippen LogP contribution in [0.1, 0.15) is 33.0 Å². The molecule has 0 fully saturated rings. The number of aliphatic imine (C=N–C) groups is 1. The van der Waals surface area contributed by atoms with Crippen LogP contribution in [0.5, 0.6) is 0 Å². The minimum absolute atomic E-state index is 0.0441. The molecule has 218 valence electrons. The van der Waals surface area contributed by atoms with E-state index in [9.17, 15) is 14.4 Å². The Labute approximate surface area is 221 Å². The summed E-state index contributed by atoms with van der Waals surface area (Å²) in [5.41, 5.74) is 0.983. The average molecular weight is 549 g/mol.